The molecule has 0 saturated carbocycles. The van der Waals surface area contributed by atoms with Crippen molar-refractivity contribution in [1.29, 1.82) is 0 Å². The minimum atomic E-state index is -0.502. The summed E-state index contributed by atoms with van der Waals surface area (Å²) in [4.78, 5) is 33.1. The number of pyridine rings is 1. The van der Waals surface area contributed by atoms with Crippen molar-refractivity contribution in [1.82, 2.24) is 20.1 Å². The minimum absolute atomic E-state index is 0.156. The first-order chi connectivity index (χ1) is 20.2. The van der Waals surface area contributed by atoms with E-state index in [0.29, 0.717) is 17.3 Å². The summed E-state index contributed by atoms with van der Waals surface area (Å²) in [7, 11) is 3.26. The van der Waals surface area contributed by atoms with Gasteiger partial charge in [0.05, 0.1) is 48.7 Å². The Morgan fingerprint density at radius 3 is 2.48 bits per heavy atom. The Kier molecular flexibility index (Phi) is 8.54. The second kappa shape index (κ2) is 12.3. The molecule has 42 heavy (non-hydrogen) atoms. The lowest BCUT2D eigenvalue weighted by Crippen LogP contribution is -2.43. The Morgan fingerprint density at radius 2 is 1.81 bits per heavy atom. The molecule has 1 aliphatic rings. The highest BCUT2D eigenvalue weighted by molar-refractivity contribution is 8.00. The number of fused-ring (bicyclic) bond motifs is 1. The van der Waals surface area contributed by atoms with Crippen LogP contribution in [-0.2, 0) is 21.7 Å². The number of nitrogens with zero attached hydrogens (tertiary/aromatic N) is 4. The van der Waals surface area contributed by atoms with Crippen molar-refractivity contribution in [3.8, 4) is 22.8 Å². The molecule has 218 valence electrons. The molecule has 2 aromatic heterocycles. The van der Waals surface area contributed by atoms with Crippen LogP contribution >= 0.6 is 11.8 Å². The molecule has 0 saturated heterocycles. The number of amides is 2. The molecule has 0 aliphatic carbocycles. The van der Waals surface area contributed by atoms with Gasteiger partial charge >= 0.3 is 0 Å². The Balaban J connectivity index is 1.68. The molecule has 10 heteroatoms. The third kappa shape index (κ3) is 5.99. The van der Waals surface area contributed by atoms with Gasteiger partial charge in [0.1, 0.15) is 23.9 Å². The van der Waals surface area contributed by atoms with Gasteiger partial charge in [-0.25, -0.2) is 4.68 Å². The first-order valence-electron chi connectivity index (χ1n) is 13.7. The molecule has 1 N–H and O–H groups in total. The minimum Gasteiger partial charge on any atom is -0.497 e. The van der Waals surface area contributed by atoms with E-state index in [4.69, 9.17) is 14.6 Å². The molecule has 1 aliphatic heterocycles. The summed E-state index contributed by atoms with van der Waals surface area (Å²) < 4.78 is 13.3. The lowest BCUT2D eigenvalue weighted by atomic mass is 9.98. The topological polar surface area (TPSA) is 98.6 Å². The average Bonchev–Trinajstić information content (AvgIpc) is 3.34. The molecule has 2 aromatic carbocycles. The number of methoxy groups -OCH3 is 2. The van der Waals surface area contributed by atoms with Crippen LogP contribution in [0.5, 0.6) is 11.5 Å². The SMILES string of the molecule is COc1ccc(OC)c([C@H]2SCC(=O)N(CC(=O)NCc3ccccn3)c3c2c(-c2ccccc2)nn3C(C)(C)C)c1. The molecule has 9 nitrogen and oxygen atoms in total. The van der Waals surface area contributed by atoms with Gasteiger partial charge in [0.2, 0.25) is 11.8 Å². The van der Waals surface area contributed by atoms with Gasteiger partial charge in [-0.15, -0.1) is 11.8 Å². The first kappa shape index (κ1) is 29.2. The van der Waals surface area contributed by atoms with Crippen LogP contribution < -0.4 is 19.7 Å². The standard InChI is InChI=1S/C32H35N5O4S/c1-32(2,3)37-31-28(29(35-37)21-11-7-6-8-12-21)30(24-17-23(40-4)14-15-25(24)41-5)42-20-27(39)36(31)19-26(38)34-18-22-13-9-10-16-33-22/h6-17,30H,18-20H2,1-5H3,(H,34,38)/t30-/m1/s1. The summed E-state index contributed by atoms with van der Waals surface area (Å²) in [6, 6.07) is 21.1. The van der Waals surface area contributed by atoms with Crippen molar-refractivity contribution in [2.45, 2.75) is 38.1 Å². The molecule has 0 radical (unpaired) electrons. The fourth-order valence-electron chi connectivity index (χ4n) is 4.98. The van der Waals surface area contributed by atoms with Crippen molar-refractivity contribution in [3.63, 3.8) is 0 Å². The van der Waals surface area contributed by atoms with E-state index < -0.39 is 5.54 Å². The summed E-state index contributed by atoms with van der Waals surface area (Å²) in [5.74, 6) is 1.65. The van der Waals surface area contributed by atoms with Gasteiger partial charge in [-0.2, -0.15) is 5.10 Å². The van der Waals surface area contributed by atoms with Crippen LogP contribution in [0.1, 0.15) is 42.8 Å². The Morgan fingerprint density at radius 1 is 1.05 bits per heavy atom. The molecule has 2 amide bonds. The van der Waals surface area contributed by atoms with Crippen LogP contribution in [0.3, 0.4) is 0 Å². The fourth-order valence-corrected chi connectivity index (χ4v) is 6.19. The number of thioether (sulfide) groups is 1. The van der Waals surface area contributed by atoms with E-state index in [1.165, 1.54) is 11.8 Å². The average molecular weight is 586 g/mol. The molecule has 0 spiro atoms. The highest BCUT2D eigenvalue weighted by Gasteiger charge is 2.40. The van der Waals surface area contributed by atoms with Crippen LogP contribution in [0.25, 0.3) is 11.3 Å². The second-order valence-corrected chi connectivity index (χ2v) is 12.0. The lowest BCUT2D eigenvalue weighted by Gasteiger charge is -2.29. The zero-order valence-electron chi connectivity index (χ0n) is 24.5. The molecular weight excluding hydrogens is 550 g/mol. The van der Waals surface area contributed by atoms with Crippen LogP contribution in [-0.4, -0.2) is 53.1 Å². The molecule has 1 atom stereocenters. The van der Waals surface area contributed by atoms with Crippen molar-refractivity contribution in [2.75, 3.05) is 31.4 Å². The summed E-state index contributed by atoms with van der Waals surface area (Å²) in [5, 5.41) is 7.72. The van der Waals surface area contributed by atoms with Crippen LogP contribution in [0.4, 0.5) is 5.82 Å². The van der Waals surface area contributed by atoms with Gasteiger partial charge in [-0.3, -0.25) is 19.5 Å². The van der Waals surface area contributed by atoms with Gasteiger partial charge in [-0.05, 0) is 51.1 Å². The largest absolute Gasteiger partial charge is 0.497 e. The van der Waals surface area contributed by atoms with E-state index in [1.807, 2.05) is 92.2 Å². The van der Waals surface area contributed by atoms with Gasteiger partial charge in [0.15, 0.2) is 0 Å². The van der Waals surface area contributed by atoms with Gasteiger partial charge in [0, 0.05) is 22.9 Å². The maximum Gasteiger partial charge on any atom is 0.240 e. The zero-order valence-corrected chi connectivity index (χ0v) is 25.3. The van der Waals surface area contributed by atoms with Crippen LogP contribution in [0.15, 0.2) is 72.9 Å². The number of aromatic nitrogens is 3. The van der Waals surface area contributed by atoms with Gasteiger partial charge in [0.25, 0.3) is 0 Å². The van der Waals surface area contributed by atoms with Crippen molar-refractivity contribution in [2.24, 2.45) is 0 Å². The van der Waals surface area contributed by atoms with Crippen molar-refractivity contribution >= 4 is 29.4 Å². The van der Waals surface area contributed by atoms with E-state index >= 15 is 0 Å². The molecule has 5 rings (SSSR count). The van der Waals surface area contributed by atoms with E-state index in [1.54, 1.807) is 25.3 Å². The summed E-state index contributed by atoms with van der Waals surface area (Å²) in [5.41, 5.74) is 3.60. The third-order valence-corrected chi connectivity index (χ3v) is 8.22. The normalized spacial score (nSPS) is 15.1. The summed E-state index contributed by atoms with van der Waals surface area (Å²) >= 11 is 1.49. The number of hydrogen-bond acceptors (Lipinski definition) is 7. The number of ether oxygens (including phenoxy) is 2. The molecule has 0 unspecified atom stereocenters. The monoisotopic (exact) mass is 585 g/mol. The number of hydrogen-bond donors (Lipinski definition) is 1. The number of nitrogens with one attached hydrogen (secondary N) is 1. The highest BCUT2D eigenvalue weighted by Crippen LogP contribution is 2.51. The number of carbonyl (C=O) groups is 2. The van der Waals surface area contributed by atoms with E-state index in [-0.39, 0.29) is 35.9 Å². The van der Waals surface area contributed by atoms with Gasteiger partial charge in [-0.1, -0.05) is 36.4 Å². The van der Waals surface area contributed by atoms with Crippen molar-refractivity contribution < 1.29 is 19.1 Å². The maximum atomic E-state index is 13.9. The van der Waals surface area contributed by atoms with E-state index in [9.17, 15) is 9.59 Å². The van der Waals surface area contributed by atoms with E-state index in [2.05, 4.69) is 10.3 Å². The Bertz CT molecular complexity index is 1570. The molecule has 4 aromatic rings. The predicted octanol–water partition coefficient (Wildman–Crippen LogP) is 5.20. The highest BCUT2D eigenvalue weighted by atomic mass is 32.2. The zero-order chi connectivity index (χ0) is 29.9. The summed E-state index contributed by atoms with van der Waals surface area (Å²) in [6.07, 6.45) is 1.68. The molecule has 3 heterocycles. The quantitative estimate of drug-likeness (QED) is 0.303. The second-order valence-electron chi connectivity index (χ2n) is 10.9. The molecule has 0 fully saturated rings. The lowest BCUT2D eigenvalue weighted by molar-refractivity contribution is -0.123. The van der Waals surface area contributed by atoms with E-state index in [0.717, 1.165) is 28.1 Å². The molecule has 0 bridgehead atoms. The summed E-state index contributed by atoms with van der Waals surface area (Å²) in [6.45, 7) is 6.23. The smallest absolute Gasteiger partial charge is 0.240 e. The number of rotatable bonds is 8. The number of carbonyl (C=O) groups excluding carboxylic acids is 2. The van der Waals surface area contributed by atoms with Crippen LogP contribution in [0.2, 0.25) is 0 Å². The van der Waals surface area contributed by atoms with Crippen molar-refractivity contribution in [3.05, 3.63) is 89.7 Å². The predicted molar refractivity (Wildman–Crippen MR) is 165 cm³/mol. The first-order valence-corrected chi connectivity index (χ1v) is 14.8. The molecular formula is C32H35N5O4S. The Hall–Kier alpha value is -4.31. The van der Waals surface area contributed by atoms with Gasteiger partial charge < -0.3 is 14.8 Å². The number of benzene rings is 2. The number of anilines is 1. The maximum absolute atomic E-state index is 13.9. The third-order valence-electron chi connectivity index (χ3n) is 6.99. The Labute approximate surface area is 250 Å². The fraction of sp³-hybridized carbons (Fsp3) is 0.312. The van der Waals surface area contributed by atoms with Crippen LogP contribution in [0, 0.1) is 0 Å².